The Labute approximate surface area is 173 Å². The molecule has 0 saturated heterocycles. The number of hydrogen-bond donors (Lipinski definition) is 1. The van der Waals surface area contributed by atoms with Gasteiger partial charge in [-0.25, -0.2) is 4.79 Å². The lowest BCUT2D eigenvalue weighted by molar-refractivity contribution is -0.121. The molecule has 1 aromatic heterocycles. The Kier molecular flexibility index (Phi) is 5.33. The topological polar surface area (TPSA) is 68.5 Å². The molecule has 1 heterocycles. The number of hydrogen-bond acceptors (Lipinski definition) is 4. The summed E-state index contributed by atoms with van der Waals surface area (Å²) in [5.41, 5.74) is 3.77. The molecule has 3 aromatic rings. The second kappa shape index (κ2) is 7.91. The summed E-state index contributed by atoms with van der Waals surface area (Å²) in [5, 5.41) is 4.65. The molecule has 0 saturated carbocycles. The highest BCUT2D eigenvalue weighted by Gasteiger charge is 2.24. The summed E-state index contributed by atoms with van der Waals surface area (Å²) in [4.78, 5) is 25.0. The highest BCUT2D eigenvalue weighted by molar-refractivity contribution is 6.30. The minimum absolute atomic E-state index is 0.00339. The minimum Gasteiger partial charge on any atom is -0.497 e. The number of ether oxygens (including phenoxy) is 1. The second-order valence-corrected chi connectivity index (χ2v) is 7.79. The number of aryl methyl sites for hydroxylation is 2. The van der Waals surface area contributed by atoms with Crippen LogP contribution in [0.4, 0.5) is 0 Å². The normalized spacial score (nSPS) is 15.3. The largest absolute Gasteiger partial charge is 0.497 e. The molecule has 5 nitrogen and oxygen atoms in total. The summed E-state index contributed by atoms with van der Waals surface area (Å²) >= 11 is 6.05. The molecule has 0 fully saturated rings. The van der Waals surface area contributed by atoms with E-state index in [4.69, 9.17) is 20.8 Å². The molecule has 150 valence electrons. The Balaban J connectivity index is 1.47. The first-order valence-corrected chi connectivity index (χ1v) is 10.0. The summed E-state index contributed by atoms with van der Waals surface area (Å²) in [7, 11) is 1.57. The zero-order valence-electron chi connectivity index (χ0n) is 16.4. The van der Waals surface area contributed by atoms with E-state index in [0.717, 1.165) is 29.4 Å². The first kappa shape index (κ1) is 19.5. The fraction of sp³-hybridized carbons (Fsp3) is 0.304. The molecular formula is C23H22ClNO4. The van der Waals surface area contributed by atoms with E-state index < -0.39 is 5.63 Å². The lowest BCUT2D eigenvalue weighted by atomic mass is 10.0. The predicted molar refractivity (Wildman–Crippen MR) is 113 cm³/mol. The number of rotatable bonds is 5. The SMILES string of the molecule is COc1ccc2c(C)c(CCC(=O)NC3CCc4cc(Cl)ccc43)c(=O)oc2c1. The number of benzene rings is 2. The maximum atomic E-state index is 12.5. The molecular weight excluding hydrogens is 390 g/mol. The van der Waals surface area contributed by atoms with Gasteiger partial charge in [0, 0.05) is 28.5 Å². The molecule has 1 unspecified atom stereocenters. The second-order valence-electron chi connectivity index (χ2n) is 7.36. The van der Waals surface area contributed by atoms with E-state index in [1.54, 1.807) is 13.2 Å². The van der Waals surface area contributed by atoms with Gasteiger partial charge in [-0.05, 0) is 67.1 Å². The number of carbonyl (C=O) groups excluding carboxylic acids is 1. The third kappa shape index (κ3) is 3.87. The highest BCUT2D eigenvalue weighted by atomic mass is 35.5. The standard InChI is InChI=1S/C23H22ClNO4/c1-13-17-7-5-16(28-2)12-21(17)29-23(27)18(13)8-10-22(26)25-20-9-3-14-11-15(24)4-6-19(14)20/h4-7,11-12,20H,3,8-10H2,1-2H3,(H,25,26). The van der Waals surface area contributed by atoms with Gasteiger partial charge in [0.1, 0.15) is 11.3 Å². The van der Waals surface area contributed by atoms with Gasteiger partial charge in [0.25, 0.3) is 0 Å². The molecule has 1 amide bonds. The van der Waals surface area contributed by atoms with E-state index in [1.807, 2.05) is 37.3 Å². The van der Waals surface area contributed by atoms with Crippen LogP contribution in [0, 0.1) is 6.92 Å². The number of carbonyl (C=O) groups is 1. The summed E-state index contributed by atoms with van der Waals surface area (Å²) in [6.45, 7) is 1.88. The van der Waals surface area contributed by atoms with Gasteiger partial charge in [-0.15, -0.1) is 0 Å². The first-order valence-electron chi connectivity index (χ1n) is 9.64. The van der Waals surface area contributed by atoms with Crippen LogP contribution in [-0.2, 0) is 17.6 Å². The van der Waals surface area contributed by atoms with Gasteiger partial charge in [0.05, 0.1) is 13.2 Å². The summed E-state index contributed by atoms with van der Waals surface area (Å²) in [6.07, 6.45) is 2.33. The quantitative estimate of drug-likeness (QED) is 0.627. The van der Waals surface area contributed by atoms with E-state index >= 15 is 0 Å². The van der Waals surface area contributed by atoms with Crippen LogP contribution in [0.3, 0.4) is 0 Å². The van der Waals surface area contributed by atoms with Crippen LogP contribution < -0.4 is 15.7 Å². The molecule has 1 N–H and O–H groups in total. The van der Waals surface area contributed by atoms with E-state index in [1.165, 1.54) is 5.56 Å². The Hall–Kier alpha value is -2.79. The van der Waals surface area contributed by atoms with E-state index in [9.17, 15) is 9.59 Å². The van der Waals surface area contributed by atoms with Crippen molar-refractivity contribution < 1.29 is 13.9 Å². The molecule has 0 bridgehead atoms. The van der Waals surface area contributed by atoms with Crippen molar-refractivity contribution in [1.82, 2.24) is 5.32 Å². The maximum absolute atomic E-state index is 12.5. The average molecular weight is 412 g/mol. The van der Waals surface area contributed by atoms with E-state index in [2.05, 4.69) is 5.32 Å². The summed E-state index contributed by atoms with van der Waals surface area (Å²) in [6, 6.07) is 11.2. The molecule has 0 spiro atoms. The van der Waals surface area contributed by atoms with Gasteiger partial charge >= 0.3 is 5.63 Å². The molecule has 1 aliphatic rings. The molecule has 6 heteroatoms. The zero-order chi connectivity index (χ0) is 20.5. The van der Waals surface area contributed by atoms with Crippen LogP contribution in [0.2, 0.25) is 5.02 Å². The predicted octanol–water partition coefficient (Wildman–Crippen LogP) is 4.50. The smallest absolute Gasteiger partial charge is 0.339 e. The van der Waals surface area contributed by atoms with Crippen molar-refractivity contribution >= 4 is 28.5 Å². The third-order valence-electron chi connectivity index (χ3n) is 5.61. The van der Waals surface area contributed by atoms with Crippen LogP contribution in [0.5, 0.6) is 5.75 Å². The van der Waals surface area contributed by atoms with Crippen molar-refractivity contribution in [2.24, 2.45) is 0 Å². The molecule has 0 aliphatic heterocycles. The van der Waals surface area contributed by atoms with E-state index in [-0.39, 0.29) is 18.4 Å². The van der Waals surface area contributed by atoms with Crippen LogP contribution in [0.1, 0.15) is 41.1 Å². The molecule has 0 radical (unpaired) electrons. The Morgan fingerprint density at radius 2 is 2.10 bits per heavy atom. The fourth-order valence-electron chi connectivity index (χ4n) is 4.03. The van der Waals surface area contributed by atoms with Crippen molar-refractivity contribution in [1.29, 1.82) is 0 Å². The van der Waals surface area contributed by atoms with Crippen LogP contribution in [0.25, 0.3) is 11.0 Å². The van der Waals surface area contributed by atoms with Crippen molar-refractivity contribution in [3.63, 3.8) is 0 Å². The maximum Gasteiger partial charge on any atom is 0.339 e. The zero-order valence-corrected chi connectivity index (χ0v) is 17.1. The van der Waals surface area contributed by atoms with Crippen LogP contribution in [-0.4, -0.2) is 13.0 Å². The van der Waals surface area contributed by atoms with Gasteiger partial charge in [0.2, 0.25) is 5.91 Å². The fourth-order valence-corrected chi connectivity index (χ4v) is 4.23. The molecule has 4 rings (SSSR count). The molecule has 2 aromatic carbocycles. The lowest BCUT2D eigenvalue weighted by Crippen LogP contribution is -2.28. The lowest BCUT2D eigenvalue weighted by Gasteiger charge is -2.14. The van der Waals surface area contributed by atoms with Gasteiger partial charge in [-0.1, -0.05) is 17.7 Å². The monoisotopic (exact) mass is 411 g/mol. The van der Waals surface area contributed by atoms with Crippen molar-refractivity contribution in [3.05, 3.63) is 74.1 Å². The highest BCUT2D eigenvalue weighted by Crippen LogP contribution is 2.33. The van der Waals surface area contributed by atoms with Gasteiger partial charge < -0.3 is 14.5 Å². The Bertz CT molecular complexity index is 1150. The minimum atomic E-state index is -0.406. The average Bonchev–Trinajstić information content (AvgIpc) is 3.08. The first-order chi connectivity index (χ1) is 14.0. The van der Waals surface area contributed by atoms with Gasteiger partial charge in [-0.2, -0.15) is 0 Å². The summed E-state index contributed by atoms with van der Waals surface area (Å²) < 4.78 is 10.6. The molecule has 29 heavy (non-hydrogen) atoms. The van der Waals surface area contributed by atoms with Crippen LogP contribution >= 0.6 is 11.6 Å². The Morgan fingerprint density at radius 1 is 1.28 bits per heavy atom. The van der Waals surface area contributed by atoms with Crippen molar-refractivity contribution in [3.8, 4) is 5.75 Å². The molecule has 1 atom stereocenters. The number of halogens is 1. The summed E-state index contributed by atoms with van der Waals surface area (Å²) in [5.74, 6) is 0.553. The van der Waals surface area contributed by atoms with Crippen molar-refractivity contribution in [2.45, 2.75) is 38.6 Å². The van der Waals surface area contributed by atoms with Gasteiger partial charge in [0.15, 0.2) is 0 Å². The van der Waals surface area contributed by atoms with Gasteiger partial charge in [-0.3, -0.25) is 4.79 Å². The van der Waals surface area contributed by atoms with Crippen molar-refractivity contribution in [2.75, 3.05) is 7.11 Å². The van der Waals surface area contributed by atoms with E-state index in [0.29, 0.717) is 28.3 Å². The number of methoxy groups -OCH3 is 1. The number of fused-ring (bicyclic) bond motifs is 2. The third-order valence-corrected chi connectivity index (χ3v) is 5.85. The van der Waals surface area contributed by atoms with Crippen LogP contribution in [0.15, 0.2) is 45.6 Å². The Morgan fingerprint density at radius 3 is 2.90 bits per heavy atom. The number of nitrogens with one attached hydrogen (secondary N) is 1. The molecule has 1 aliphatic carbocycles. The number of amides is 1.